The molecule has 6 nitrogen and oxygen atoms in total. The summed E-state index contributed by atoms with van der Waals surface area (Å²) >= 11 is 0. The number of hydrogen-bond acceptors (Lipinski definition) is 5. The van der Waals surface area contributed by atoms with Gasteiger partial charge < -0.3 is 24.4 Å². The highest BCUT2D eigenvalue weighted by molar-refractivity contribution is 5.66. The lowest BCUT2D eigenvalue weighted by Gasteiger charge is -2.29. The van der Waals surface area contributed by atoms with Crippen LogP contribution in [0, 0.1) is 11.8 Å². The van der Waals surface area contributed by atoms with Crippen molar-refractivity contribution in [3.8, 4) is 5.75 Å². The molecule has 2 fully saturated rings. The zero-order valence-electron chi connectivity index (χ0n) is 19.9. The summed E-state index contributed by atoms with van der Waals surface area (Å²) in [7, 11) is 0. The lowest BCUT2D eigenvalue weighted by atomic mass is 9.89. The number of carboxylic acid groups (broad SMARTS) is 1. The van der Waals surface area contributed by atoms with Gasteiger partial charge in [-0.2, -0.15) is 8.78 Å². The number of ether oxygens (including phenoxy) is 3. The minimum atomic E-state index is -3.19. The van der Waals surface area contributed by atoms with Gasteiger partial charge in [-0.3, -0.25) is 4.79 Å². The second-order valence-electron chi connectivity index (χ2n) is 9.23. The van der Waals surface area contributed by atoms with Crippen molar-refractivity contribution in [2.75, 3.05) is 13.2 Å². The topological polar surface area (TPSA) is 85.2 Å². The molecular weight excluding hydrogens is 458 g/mol. The van der Waals surface area contributed by atoms with Gasteiger partial charge in [-0.1, -0.05) is 36.4 Å². The molecule has 3 rings (SSSR count). The van der Waals surface area contributed by atoms with E-state index in [-0.39, 0.29) is 18.6 Å². The summed E-state index contributed by atoms with van der Waals surface area (Å²) in [6.07, 6.45) is 9.36. The van der Waals surface area contributed by atoms with Crippen molar-refractivity contribution in [2.45, 2.75) is 75.8 Å². The van der Waals surface area contributed by atoms with Gasteiger partial charge in [-0.05, 0) is 62.7 Å². The summed E-state index contributed by atoms with van der Waals surface area (Å²) in [5, 5.41) is 19.5. The molecule has 8 heteroatoms. The third-order valence-corrected chi connectivity index (χ3v) is 6.43. The van der Waals surface area contributed by atoms with Gasteiger partial charge in [0, 0.05) is 25.4 Å². The second-order valence-corrected chi connectivity index (χ2v) is 9.23. The number of alkyl halides is 2. The van der Waals surface area contributed by atoms with Crippen LogP contribution in [0.5, 0.6) is 5.75 Å². The molecule has 2 aliphatic rings. The number of benzene rings is 1. The Morgan fingerprint density at radius 2 is 2.00 bits per heavy atom. The van der Waals surface area contributed by atoms with Crippen LogP contribution < -0.4 is 4.74 Å². The van der Waals surface area contributed by atoms with Gasteiger partial charge in [-0.25, -0.2) is 0 Å². The molecule has 2 N–H and O–H groups in total. The molecule has 1 saturated carbocycles. The maximum Gasteiger partial charge on any atom is 0.303 e. The average molecular weight is 495 g/mol. The number of carboxylic acids is 1. The summed E-state index contributed by atoms with van der Waals surface area (Å²) in [5.74, 6) is -4.36. The molecular formula is C27H36F2O6. The zero-order chi connectivity index (χ0) is 25.1. The van der Waals surface area contributed by atoms with Crippen LogP contribution in [0.15, 0.2) is 54.6 Å². The van der Waals surface area contributed by atoms with Gasteiger partial charge in [0.25, 0.3) is 5.92 Å². The first-order chi connectivity index (χ1) is 16.8. The summed E-state index contributed by atoms with van der Waals surface area (Å²) in [4.78, 5) is 10.6. The molecule has 0 bridgehead atoms. The largest absolute Gasteiger partial charge is 0.487 e. The van der Waals surface area contributed by atoms with Gasteiger partial charge in [0.1, 0.15) is 5.75 Å². The molecule has 0 aromatic heterocycles. The third-order valence-electron chi connectivity index (χ3n) is 6.43. The first-order valence-corrected chi connectivity index (χ1v) is 12.4. The molecule has 1 aliphatic carbocycles. The van der Waals surface area contributed by atoms with Crippen molar-refractivity contribution in [3.05, 3.63) is 54.6 Å². The number of unbranched alkanes of at least 4 members (excludes halogenated alkanes) is 1. The van der Waals surface area contributed by atoms with Crippen molar-refractivity contribution in [1.29, 1.82) is 0 Å². The molecule has 1 heterocycles. The highest BCUT2D eigenvalue weighted by Gasteiger charge is 2.43. The van der Waals surface area contributed by atoms with Gasteiger partial charge in [0.05, 0.1) is 12.2 Å². The SMILES string of the molecule is O=C(O)CCCC=CC[C@@H]1[C@@H](C=CC(F)(F)COc2ccccc2)[C@H](OC2CCCCO2)C[C@@H]1O. The van der Waals surface area contributed by atoms with Crippen LogP contribution in [-0.4, -0.2) is 53.8 Å². The van der Waals surface area contributed by atoms with E-state index < -0.39 is 36.6 Å². The Morgan fingerprint density at radius 3 is 2.71 bits per heavy atom. The van der Waals surface area contributed by atoms with Crippen LogP contribution in [0.25, 0.3) is 0 Å². The number of rotatable bonds is 13. The quantitative estimate of drug-likeness (QED) is 0.283. The molecule has 194 valence electrons. The lowest BCUT2D eigenvalue weighted by molar-refractivity contribution is -0.193. The normalized spacial score (nSPS) is 27.6. The summed E-state index contributed by atoms with van der Waals surface area (Å²) in [6.45, 7) is -0.175. The van der Waals surface area contributed by atoms with E-state index in [4.69, 9.17) is 19.3 Å². The van der Waals surface area contributed by atoms with E-state index in [2.05, 4.69) is 0 Å². The maximum absolute atomic E-state index is 14.6. The molecule has 1 aromatic rings. The summed E-state index contributed by atoms with van der Waals surface area (Å²) in [6, 6.07) is 8.48. The van der Waals surface area contributed by atoms with Crippen molar-refractivity contribution in [2.24, 2.45) is 11.8 Å². The van der Waals surface area contributed by atoms with Crippen molar-refractivity contribution >= 4 is 5.97 Å². The van der Waals surface area contributed by atoms with Crippen LogP contribution in [0.2, 0.25) is 0 Å². The van der Waals surface area contributed by atoms with Crippen LogP contribution in [0.3, 0.4) is 0 Å². The van der Waals surface area contributed by atoms with E-state index >= 15 is 0 Å². The van der Waals surface area contributed by atoms with E-state index in [1.165, 1.54) is 6.08 Å². The molecule has 0 spiro atoms. The second kappa shape index (κ2) is 13.7. The Hall–Kier alpha value is -2.29. The number of aliphatic hydroxyl groups excluding tert-OH is 1. The monoisotopic (exact) mass is 494 g/mol. The molecule has 1 aliphatic heterocycles. The number of para-hydroxylation sites is 1. The lowest BCUT2D eigenvalue weighted by Crippen LogP contribution is -2.31. The van der Waals surface area contributed by atoms with E-state index in [9.17, 15) is 18.7 Å². The van der Waals surface area contributed by atoms with Gasteiger partial charge in [0.2, 0.25) is 0 Å². The van der Waals surface area contributed by atoms with Crippen molar-refractivity contribution in [1.82, 2.24) is 0 Å². The minimum absolute atomic E-state index is 0.0964. The van der Waals surface area contributed by atoms with E-state index in [0.29, 0.717) is 38.0 Å². The van der Waals surface area contributed by atoms with Crippen LogP contribution in [0.4, 0.5) is 8.78 Å². The Bertz CT molecular complexity index is 822. The number of aliphatic carboxylic acids is 1. The van der Waals surface area contributed by atoms with E-state index in [1.54, 1.807) is 30.3 Å². The molecule has 1 saturated heterocycles. The Morgan fingerprint density at radius 1 is 1.20 bits per heavy atom. The fourth-order valence-corrected chi connectivity index (χ4v) is 4.58. The predicted octanol–water partition coefficient (Wildman–Crippen LogP) is 5.37. The van der Waals surface area contributed by atoms with Crippen LogP contribution in [0.1, 0.15) is 51.4 Å². The van der Waals surface area contributed by atoms with Crippen molar-refractivity contribution < 1.29 is 38.0 Å². The highest BCUT2D eigenvalue weighted by atomic mass is 19.3. The smallest absolute Gasteiger partial charge is 0.303 e. The minimum Gasteiger partial charge on any atom is -0.487 e. The predicted molar refractivity (Wildman–Crippen MR) is 127 cm³/mol. The van der Waals surface area contributed by atoms with Gasteiger partial charge >= 0.3 is 5.97 Å². The number of aliphatic hydroxyl groups is 1. The van der Waals surface area contributed by atoms with Gasteiger partial charge in [0.15, 0.2) is 12.9 Å². The zero-order valence-corrected chi connectivity index (χ0v) is 19.9. The van der Waals surface area contributed by atoms with Crippen LogP contribution >= 0.6 is 0 Å². The molecule has 35 heavy (non-hydrogen) atoms. The third kappa shape index (κ3) is 9.35. The Balaban J connectivity index is 1.64. The summed E-state index contributed by atoms with van der Waals surface area (Å²) < 4.78 is 46.3. The van der Waals surface area contributed by atoms with E-state index in [0.717, 1.165) is 25.3 Å². The Labute approximate surface area is 205 Å². The van der Waals surface area contributed by atoms with Gasteiger partial charge in [-0.15, -0.1) is 0 Å². The van der Waals surface area contributed by atoms with Crippen molar-refractivity contribution in [3.63, 3.8) is 0 Å². The van der Waals surface area contributed by atoms with E-state index in [1.807, 2.05) is 12.2 Å². The first-order valence-electron chi connectivity index (χ1n) is 12.4. The molecule has 1 aromatic carbocycles. The summed E-state index contributed by atoms with van der Waals surface area (Å²) in [5.41, 5.74) is 0. The number of allylic oxidation sites excluding steroid dienone is 2. The first kappa shape index (κ1) is 27.3. The standard InChI is InChI=1S/C27H36F2O6/c28-27(29,19-34-20-10-4-3-5-11-20)16-15-22-21(12-6-1-2-7-13-25(31)32)23(30)18-24(22)35-26-14-8-9-17-33-26/h1,3-6,10-11,15-16,21-24,26,30H,2,7-9,12-14,17-19H2,(H,31,32)/t21-,22-,23+,24-,26?/m1/s1. The fraction of sp³-hybridized carbons (Fsp3) is 0.593. The number of halogens is 2. The number of carbonyl (C=O) groups is 1. The molecule has 1 unspecified atom stereocenters. The molecule has 0 amide bonds. The fourth-order valence-electron chi connectivity index (χ4n) is 4.58. The van der Waals surface area contributed by atoms with Crippen LogP contribution in [-0.2, 0) is 14.3 Å². The molecule has 0 radical (unpaired) electrons. The highest BCUT2D eigenvalue weighted by Crippen LogP contribution is 2.40. The number of hydrogen-bond donors (Lipinski definition) is 2. The maximum atomic E-state index is 14.6. The Kier molecular flexibility index (Phi) is 10.7. The molecule has 5 atom stereocenters. The average Bonchev–Trinajstić information content (AvgIpc) is 3.13.